The number of hydrogen-bond donors (Lipinski definition) is 1. The van der Waals surface area contributed by atoms with Crippen molar-refractivity contribution >= 4 is 14.4 Å². The van der Waals surface area contributed by atoms with Crippen molar-refractivity contribution in [2.75, 3.05) is 10.9 Å². The van der Waals surface area contributed by atoms with E-state index < -0.39 is 0 Å². The third-order valence-corrected chi connectivity index (χ3v) is 4.25. The number of hydrazine groups is 1. The number of anilines is 1. The van der Waals surface area contributed by atoms with E-state index in [2.05, 4.69) is 70.9 Å². The summed E-state index contributed by atoms with van der Waals surface area (Å²) in [6, 6.07) is 21.6. The van der Waals surface area contributed by atoms with Gasteiger partial charge in [-0.15, -0.1) is 0 Å². The lowest BCUT2D eigenvalue weighted by Gasteiger charge is -2.19. The third-order valence-electron chi connectivity index (χ3n) is 2.95. The second kappa shape index (κ2) is 4.87. The van der Waals surface area contributed by atoms with Crippen LogP contribution in [0.5, 0.6) is 0 Å². The fourth-order valence-corrected chi connectivity index (χ4v) is 3.32. The topological polar surface area (TPSA) is 15.3 Å². The molecule has 1 N–H and O–H groups in total. The Labute approximate surface area is 103 Å². The molecule has 2 unspecified atom stereocenters. The summed E-state index contributed by atoms with van der Waals surface area (Å²) in [7, 11) is 0.805. The Morgan fingerprint density at radius 1 is 0.941 bits per heavy atom. The van der Waals surface area contributed by atoms with E-state index >= 15 is 0 Å². The Kier molecular flexibility index (Phi) is 3.08. The average Bonchev–Trinajstić information content (AvgIpc) is 2.90. The highest BCUT2D eigenvalue weighted by molar-refractivity contribution is 7.40. The highest BCUT2D eigenvalue weighted by Gasteiger charge is 2.22. The van der Waals surface area contributed by atoms with Crippen molar-refractivity contribution in [2.45, 2.75) is 6.04 Å². The van der Waals surface area contributed by atoms with Crippen molar-refractivity contribution in [2.24, 2.45) is 0 Å². The van der Waals surface area contributed by atoms with Crippen molar-refractivity contribution in [3.05, 3.63) is 66.2 Å². The van der Waals surface area contributed by atoms with Crippen LogP contribution in [0.15, 0.2) is 60.7 Å². The molecular formula is C14H15N2P. The number of para-hydroxylation sites is 1. The van der Waals surface area contributed by atoms with Crippen molar-refractivity contribution in [3.63, 3.8) is 0 Å². The number of hydrogen-bond acceptors (Lipinski definition) is 2. The average molecular weight is 242 g/mol. The molecule has 0 amide bonds. The second-order valence-electron chi connectivity index (χ2n) is 4.13. The van der Waals surface area contributed by atoms with Gasteiger partial charge in [-0.2, -0.15) is 0 Å². The van der Waals surface area contributed by atoms with Crippen LogP contribution in [0, 0.1) is 0 Å². The molecule has 0 aliphatic carbocycles. The molecule has 1 aliphatic heterocycles. The fourth-order valence-electron chi connectivity index (χ4n) is 2.05. The van der Waals surface area contributed by atoms with Gasteiger partial charge in [-0.25, -0.2) is 5.43 Å². The van der Waals surface area contributed by atoms with E-state index in [4.69, 9.17) is 0 Å². The molecule has 2 aromatic rings. The second-order valence-corrected chi connectivity index (χ2v) is 5.30. The van der Waals surface area contributed by atoms with Gasteiger partial charge in [0, 0.05) is 6.16 Å². The summed E-state index contributed by atoms with van der Waals surface area (Å²) in [5, 5.41) is 0. The largest absolute Gasteiger partial charge is 0.290 e. The van der Waals surface area contributed by atoms with Gasteiger partial charge in [-0.05, 0) is 26.4 Å². The highest BCUT2D eigenvalue weighted by Crippen LogP contribution is 2.36. The maximum absolute atomic E-state index is 3.57. The van der Waals surface area contributed by atoms with Crippen LogP contribution in [-0.4, -0.2) is 6.16 Å². The minimum atomic E-state index is 0.453. The summed E-state index contributed by atoms with van der Waals surface area (Å²) in [6.45, 7) is 0. The van der Waals surface area contributed by atoms with E-state index in [0.717, 1.165) is 8.73 Å². The molecule has 1 heterocycles. The van der Waals surface area contributed by atoms with E-state index in [9.17, 15) is 0 Å². The Balaban J connectivity index is 1.75. The molecule has 0 aromatic heterocycles. The van der Waals surface area contributed by atoms with Gasteiger partial charge in [-0.1, -0.05) is 48.5 Å². The van der Waals surface area contributed by atoms with Crippen LogP contribution in [0.2, 0.25) is 0 Å². The van der Waals surface area contributed by atoms with Gasteiger partial charge >= 0.3 is 0 Å². The molecule has 1 aliphatic rings. The first-order valence-corrected chi connectivity index (χ1v) is 6.99. The molecule has 0 radical (unpaired) electrons. The first-order valence-electron chi connectivity index (χ1n) is 5.83. The first-order chi connectivity index (χ1) is 8.43. The maximum Gasteiger partial charge on any atom is 0.0568 e. The Morgan fingerprint density at radius 3 is 2.29 bits per heavy atom. The molecule has 17 heavy (non-hydrogen) atoms. The molecule has 2 nitrogen and oxygen atoms in total. The molecule has 2 aromatic carbocycles. The molecule has 1 saturated heterocycles. The Bertz CT molecular complexity index is 427. The summed E-state index contributed by atoms with van der Waals surface area (Å²) in [5.41, 5.74) is 6.20. The van der Waals surface area contributed by atoms with Crippen molar-refractivity contribution in [1.29, 1.82) is 0 Å². The molecule has 0 spiro atoms. The lowest BCUT2D eigenvalue weighted by molar-refractivity contribution is 0.649. The monoisotopic (exact) mass is 242 g/mol. The molecule has 3 heteroatoms. The lowest BCUT2D eigenvalue weighted by Crippen LogP contribution is -2.27. The van der Waals surface area contributed by atoms with Gasteiger partial charge in [0.15, 0.2) is 0 Å². The Hall–Kier alpha value is -1.37. The van der Waals surface area contributed by atoms with Crippen LogP contribution in [-0.2, 0) is 0 Å². The van der Waals surface area contributed by atoms with Crippen LogP contribution in [0.25, 0.3) is 0 Å². The summed E-state index contributed by atoms with van der Waals surface area (Å²) in [4.78, 5) is 0. The molecule has 2 atom stereocenters. The predicted octanol–water partition coefficient (Wildman–Crippen LogP) is 3.35. The zero-order valence-electron chi connectivity index (χ0n) is 9.51. The van der Waals surface area contributed by atoms with Gasteiger partial charge in [0.25, 0.3) is 0 Å². The normalized spacial score (nSPS) is 20.9. The number of benzene rings is 2. The number of nitrogens with one attached hydrogen (secondary N) is 1. The van der Waals surface area contributed by atoms with E-state index in [0.29, 0.717) is 6.04 Å². The zero-order valence-corrected chi connectivity index (χ0v) is 10.5. The summed E-state index contributed by atoms with van der Waals surface area (Å²) in [6.07, 6.45) is 1.18. The molecule has 0 saturated carbocycles. The van der Waals surface area contributed by atoms with Crippen LogP contribution in [0.3, 0.4) is 0 Å². The predicted molar refractivity (Wildman–Crippen MR) is 74.4 cm³/mol. The van der Waals surface area contributed by atoms with Crippen LogP contribution >= 0.6 is 8.73 Å². The summed E-state index contributed by atoms with van der Waals surface area (Å²) >= 11 is 0. The van der Waals surface area contributed by atoms with Crippen molar-refractivity contribution < 1.29 is 0 Å². The molecular weight excluding hydrogens is 227 g/mol. The quantitative estimate of drug-likeness (QED) is 0.812. The molecule has 0 bridgehead atoms. The van der Waals surface area contributed by atoms with Crippen molar-refractivity contribution in [3.8, 4) is 0 Å². The van der Waals surface area contributed by atoms with Crippen LogP contribution in [0.1, 0.15) is 11.6 Å². The van der Waals surface area contributed by atoms with Gasteiger partial charge in [0.05, 0.1) is 11.7 Å². The first kappa shape index (κ1) is 10.8. The lowest BCUT2D eigenvalue weighted by atomic mass is 10.1. The van der Waals surface area contributed by atoms with E-state index in [-0.39, 0.29) is 0 Å². The smallest absolute Gasteiger partial charge is 0.0568 e. The minimum absolute atomic E-state index is 0.453. The van der Waals surface area contributed by atoms with Crippen molar-refractivity contribution in [1.82, 2.24) is 5.43 Å². The van der Waals surface area contributed by atoms with Gasteiger partial charge in [0.2, 0.25) is 0 Å². The van der Waals surface area contributed by atoms with E-state index in [1.54, 1.807) is 0 Å². The molecule has 3 rings (SSSR count). The highest BCUT2D eigenvalue weighted by atomic mass is 31.1. The van der Waals surface area contributed by atoms with E-state index in [1.807, 2.05) is 0 Å². The number of rotatable bonds is 2. The Morgan fingerprint density at radius 2 is 1.59 bits per heavy atom. The van der Waals surface area contributed by atoms with Gasteiger partial charge in [0.1, 0.15) is 0 Å². The van der Waals surface area contributed by atoms with Gasteiger partial charge in [-0.3, -0.25) is 4.78 Å². The summed E-state index contributed by atoms with van der Waals surface area (Å²) < 4.78 is 2.26. The molecule has 1 fully saturated rings. The van der Waals surface area contributed by atoms with Crippen LogP contribution in [0.4, 0.5) is 5.69 Å². The number of nitrogens with zero attached hydrogens (tertiary/aromatic N) is 1. The molecule has 86 valence electrons. The summed E-state index contributed by atoms with van der Waals surface area (Å²) in [5.74, 6) is 0. The zero-order chi connectivity index (χ0) is 11.5. The standard InChI is InChI=1S/C14H15N2P/c1-3-7-12(8-4-1)14-11-17-16(15-14)13-9-5-2-6-10-13/h1-10,14-15,17H,11H2. The minimum Gasteiger partial charge on any atom is -0.290 e. The maximum atomic E-state index is 3.57. The fraction of sp³-hybridized carbons (Fsp3) is 0.143. The van der Waals surface area contributed by atoms with Crippen LogP contribution < -0.4 is 10.2 Å². The van der Waals surface area contributed by atoms with E-state index in [1.165, 1.54) is 17.4 Å². The van der Waals surface area contributed by atoms with Gasteiger partial charge < -0.3 is 0 Å². The SMILES string of the molecule is c1ccc(C2CPN(c3ccccc3)N2)cc1. The third kappa shape index (κ3) is 2.33.